The molecule has 1 aliphatic rings. The third kappa shape index (κ3) is 3.10. The van der Waals surface area contributed by atoms with Gasteiger partial charge in [-0.05, 0) is 31.4 Å². The Morgan fingerprint density at radius 1 is 1.22 bits per heavy atom. The van der Waals surface area contributed by atoms with Gasteiger partial charge in [-0.25, -0.2) is 0 Å². The average molecular weight is 249 g/mol. The first-order valence-corrected chi connectivity index (χ1v) is 6.69. The standard InChI is InChI=1S/C15H23NO2/c1-16-14(12-8-10-18-11-9-12)15(17-2)13-6-4-3-5-7-13/h3-7,12,14-16H,8-11H2,1-2H3. The molecular formula is C15H23NO2. The molecule has 1 aromatic carbocycles. The normalized spacial score (nSPS) is 20.6. The molecule has 100 valence electrons. The summed E-state index contributed by atoms with van der Waals surface area (Å²) in [5.74, 6) is 0.619. The highest BCUT2D eigenvalue weighted by molar-refractivity contribution is 5.19. The zero-order valence-corrected chi connectivity index (χ0v) is 11.3. The van der Waals surface area contributed by atoms with Crippen LogP contribution in [0.25, 0.3) is 0 Å². The van der Waals surface area contributed by atoms with Gasteiger partial charge in [0.05, 0.1) is 6.10 Å². The van der Waals surface area contributed by atoms with Crippen molar-refractivity contribution in [1.29, 1.82) is 0 Å². The van der Waals surface area contributed by atoms with Crippen molar-refractivity contribution in [2.75, 3.05) is 27.4 Å². The van der Waals surface area contributed by atoms with Crippen molar-refractivity contribution in [3.8, 4) is 0 Å². The molecule has 2 unspecified atom stereocenters. The Balaban J connectivity index is 2.13. The molecule has 3 heteroatoms. The maximum atomic E-state index is 5.74. The molecule has 0 aliphatic carbocycles. The molecule has 1 N–H and O–H groups in total. The molecule has 0 saturated carbocycles. The van der Waals surface area contributed by atoms with Gasteiger partial charge in [-0.1, -0.05) is 30.3 Å². The number of hydrogen-bond donors (Lipinski definition) is 1. The van der Waals surface area contributed by atoms with Crippen molar-refractivity contribution in [1.82, 2.24) is 5.32 Å². The van der Waals surface area contributed by atoms with Gasteiger partial charge in [0, 0.05) is 26.4 Å². The van der Waals surface area contributed by atoms with Gasteiger partial charge in [0.1, 0.15) is 0 Å². The number of nitrogens with one attached hydrogen (secondary N) is 1. The zero-order chi connectivity index (χ0) is 12.8. The molecule has 2 atom stereocenters. The first kappa shape index (κ1) is 13.5. The van der Waals surface area contributed by atoms with Gasteiger partial charge in [-0.2, -0.15) is 0 Å². The van der Waals surface area contributed by atoms with Crippen molar-refractivity contribution in [2.24, 2.45) is 5.92 Å². The molecule has 1 heterocycles. The summed E-state index contributed by atoms with van der Waals surface area (Å²) >= 11 is 0. The molecule has 18 heavy (non-hydrogen) atoms. The highest BCUT2D eigenvalue weighted by atomic mass is 16.5. The number of methoxy groups -OCH3 is 1. The van der Waals surface area contributed by atoms with Crippen LogP contribution in [0.1, 0.15) is 24.5 Å². The Labute approximate surface area is 109 Å². The Hall–Kier alpha value is -0.900. The highest BCUT2D eigenvalue weighted by Gasteiger charge is 2.30. The van der Waals surface area contributed by atoms with Crippen LogP contribution in [0.2, 0.25) is 0 Å². The zero-order valence-electron chi connectivity index (χ0n) is 11.3. The monoisotopic (exact) mass is 249 g/mol. The number of hydrogen-bond acceptors (Lipinski definition) is 3. The molecular weight excluding hydrogens is 226 g/mol. The maximum Gasteiger partial charge on any atom is 0.0976 e. The van der Waals surface area contributed by atoms with Crippen LogP contribution < -0.4 is 5.32 Å². The van der Waals surface area contributed by atoms with E-state index in [2.05, 4.69) is 29.6 Å². The Bertz CT molecular complexity index is 336. The van der Waals surface area contributed by atoms with Crippen LogP contribution in [0.3, 0.4) is 0 Å². The lowest BCUT2D eigenvalue weighted by molar-refractivity contribution is 0.00463. The van der Waals surface area contributed by atoms with Gasteiger partial charge in [-0.3, -0.25) is 0 Å². The smallest absolute Gasteiger partial charge is 0.0976 e. The molecule has 0 bridgehead atoms. The van der Waals surface area contributed by atoms with Crippen molar-refractivity contribution >= 4 is 0 Å². The first-order valence-electron chi connectivity index (χ1n) is 6.69. The van der Waals surface area contributed by atoms with Crippen LogP contribution in [0, 0.1) is 5.92 Å². The van der Waals surface area contributed by atoms with E-state index >= 15 is 0 Å². The van der Waals surface area contributed by atoms with Crippen molar-refractivity contribution < 1.29 is 9.47 Å². The molecule has 1 aliphatic heterocycles. The third-order valence-corrected chi connectivity index (χ3v) is 3.82. The molecule has 2 rings (SSSR count). The minimum Gasteiger partial charge on any atom is -0.381 e. The molecule has 0 aromatic heterocycles. The van der Waals surface area contributed by atoms with E-state index in [4.69, 9.17) is 9.47 Å². The number of likely N-dealkylation sites (N-methyl/N-ethyl adjacent to an activating group) is 1. The fraction of sp³-hybridized carbons (Fsp3) is 0.600. The fourth-order valence-electron chi connectivity index (χ4n) is 2.84. The van der Waals surface area contributed by atoms with E-state index in [0.717, 1.165) is 26.1 Å². The Kier molecular flexibility index (Phi) is 5.17. The quantitative estimate of drug-likeness (QED) is 0.869. The molecule has 1 fully saturated rings. The van der Waals surface area contributed by atoms with E-state index < -0.39 is 0 Å². The molecule has 1 saturated heterocycles. The van der Waals surface area contributed by atoms with E-state index in [9.17, 15) is 0 Å². The van der Waals surface area contributed by atoms with Crippen LogP contribution in [-0.2, 0) is 9.47 Å². The van der Waals surface area contributed by atoms with Gasteiger partial charge >= 0.3 is 0 Å². The lowest BCUT2D eigenvalue weighted by atomic mass is 9.86. The third-order valence-electron chi connectivity index (χ3n) is 3.82. The van der Waals surface area contributed by atoms with E-state index in [1.807, 2.05) is 13.1 Å². The SMILES string of the molecule is CNC(C1CCOCC1)C(OC)c1ccccc1. The van der Waals surface area contributed by atoms with E-state index in [0.29, 0.717) is 12.0 Å². The predicted molar refractivity (Wildman–Crippen MR) is 72.6 cm³/mol. The van der Waals surface area contributed by atoms with Gasteiger partial charge in [-0.15, -0.1) is 0 Å². The van der Waals surface area contributed by atoms with Crippen LogP contribution in [0.5, 0.6) is 0 Å². The molecule has 0 spiro atoms. The summed E-state index contributed by atoms with van der Waals surface area (Å²) in [6.07, 6.45) is 2.33. The topological polar surface area (TPSA) is 30.5 Å². The lowest BCUT2D eigenvalue weighted by Gasteiger charge is -2.35. The molecule has 0 amide bonds. The summed E-state index contributed by atoms with van der Waals surface area (Å²) in [4.78, 5) is 0. The largest absolute Gasteiger partial charge is 0.381 e. The Morgan fingerprint density at radius 3 is 2.44 bits per heavy atom. The fourth-order valence-corrected chi connectivity index (χ4v) is 2.84. The first-order chi connectivity index (χ1) is 8.86. The number of benzene rings is 1. The maximum absolute atomic E-state index is 5.74. The van der Waals surface area contributed by atoms with Crippen molar-refractivity contribution in [3.63, 3.8) is 0 Å². The average Bonchev–Trinajstić information content (AvgIpc) is 2.46. The summed E-state index contributed by atoms with van der Waals surface area (Å²) in [6, 6.07) is 10.8. The van der Waals surface area contributed by atoms with E-state index in [-0.39, 0.29) is 6.10 Å². The molecule has 0 radical (unpaired) electrons. The van der Waals surface area contributed by atoms with Crippen LogP contribution in [0.4, 0.5) is 0 Å². The lowest BCUT2D eigenvalue weighted by Crippen LogP contribution is -2.42. The van der Waals surface area contributed by atoms with Gasteiger partial charge in [0.25, 0.3) is 0 Å². The molecule has 1 aromatic rings. The van der Waals surface area contributed by atoms with Crippen LogP contribution in [-0.4, -0.2) is 33.4 Å². The Morgan fingerprint density at radius 2 is 1.89 bits per heavy atom. The minimum absolute atomic E-state index is 0.110. The van der Waals surface area contributed by atoms with Gasteiger partial charge < -0.3 is 14.8 Å². The van der Waals surface area contributed by atoms with Crippen LogP contribution >= 0.6 is 0 Å². The van der Waals surface area contributed by atoms with Crippen molar-refractivity contribution in [2.45, 2.75) is 25.0 Å². The van der Waals surface area contributed by atoms with Crippen LogP contribution in [0.15, 0.2) is 30.3 Å². The van der Waals surface area contributed by atoms with E-state index in [1.54, 1.807) is 7.11 Å². The summed E-state index contributed by atoms with van der Waals surface area (Å²) in [5.41, 5.74) is 1.24. The number of rotatable bonds is 5. The second-order valence-corrected chi connectivity index (χ2v) is 4.83. The minimum atomic E-state index is 0.110. The van der Waals surface area contributed by atoms with E-state index in [1.165, 1.54) is 5.56 Å². The second-order valence-electron chi connectivity index (χ2n) is 4.83. The summed E-state index contributed by atoms with van der Waals surface area (Å²) < 4.78 is 11.2. The summed E-state index contributed by atoms with van der Waals surface area (Å²) in [6.45, 7) is 1.74. The molecule has 3 nitrogen and oxygen atoms in total. The highest BCUT2D eigenvalue weighted by Crippen LogP contribution is 2.30. The number of ether oxygens (including phenoxy) is 2. The van der Waals surface area contributed by atoms with Crippen molar-refractivity contribution in [3.05, 3.63) is 35.9 Å². The summed E-state index contributed by atoms with van der Waals surface area (Å²) in [5, 5.41) is 3.44. The second kappa shape index (κ2) is 6.88. The summed E-state index contributed by atoms with van der Waals surface area (Å²) in [7, 11) is 3.82. The van der Waals surface area contributed by atoms with Gasteiger partial charge in [0.15, 0.2) is 0 Å². The van der Waals surface area contributed by atoms with Gasteiger partial charge in [0.2, 0.25) is 0 Å². The predicted octanol–water partition coefficient (Wildman–Crippen LogP) is 2.39.